The highest BCUT2D eigenvalue weighted by molar-refractivity contribution is 7.92. The second-order valence-electron chi connectivity index (χ2n) is 28.9. The first-order valence-electron chi connectivity index (χ1n) is 32.4. The molecular weight excluding hydrogens is 1220 g/mol. The van der Waals surface area contributed by atoms with Crippen molar-refractivity contribution in [3.05, 3.63) is 107 Å². The van der Waals surface area contributed by atoms with Crippen molar-refractivity contribution in [3.63, 3.8) is 0 Å². The number of carbonyl (C=O) groups excluding carboxylic acids is 4. The first-order valence-corrected chi connectivity index (χ1v) is 33.6. The Kier molecular flexibility index (Phi) is 20.3. The van der Waals surface area contributed by atoms with Crippen LogP contribution in [0.15, 0.2) is 72.3 Å². The number of halogens is 1. The van der Waals surface area contributed by atoms with E-state index in [0.29, 0.717) is 152 Å². The van der Waals surface area contributed by atoms with Gasteiger partial charge in [0.25, 0.3) is 5.91 Å². The summed E-state index contributed by atoms with van der Waals surface area (Å²) >= 11 is -1.50. The summed E-state index contributed by atoms with van der Waals surface area (Å²) in [7, 11) is 0. The van der Waals surface area contributed by atoms with Crippen LogP contribution in [-0.2, 0) is 30.9 Å². The number of nitrogens with one attached hydrogen (secondary N) is 1. The highest BCUT2D eigenvalue weighted by Crippen LogP contribution is 2.42. The van der Waals surface area contributed by atoms with Gasteiger partial charge in [0.15, 0.2) is 10.6 Å². The van der Waals surface area contributed by atoms with E-state index in [2.05, 4.69) is 46.9 Å². The lowest BCUT2D eigenvalue weighted by atomic mass is 9.90. The quantitative estimate of drug-likeness (QED) is 0.0678. The fourth-order valence-electron chi connectivity index (χ4n) is 12.5. The van der Waals surface area contributed by atoms with Gasteiger partial charge in [-0.15, -0.1) is 4.68 Å². The Labute approximate surface area is 553 Å². The summed E-state index contributed by atoms with van der Waals surface area (Å²) in [5, 5.41) is 19.7. The van der Waals surface area contributed by atoms with Crippen LogP contribution in [0.2, 0.25) is 0 Å². The van der Waals surface area contributed by atoms with E-state index in [1.54, 1.807) is 61.3 Å². The number of fused-ring (bicyclic) bond motifs is 2. The number of nitrogens with zero attached hydrogens (tertiary/aromatic N) is 14. The molecule has 5 atom stereocenters. The van der Waals surface area contributed by atoms with E-state index in [9.17, 15) is 33.2 Å². The van der Waals surface area contributed by atoms with Gasteiger partial charge in [0.2, 0.25) is 11.9 Å². The molecule has 26 heteroatoms. The molecule has 2 N–H and O–H groups in total. The van der Waals surface area contributed by atoms with Crippen LogP contribution in [0.5, 0.6) is 5.75 Å². The monoisotopic (exact) mass is 1310 g/mol. The molecule has 4 aromatic heterocycles. The van der Waals surface area contributed by atoms with Gasteiger partial charge in [-0.05, 0) is 131 Å². The third kappa shape index (κ3) is 15.9. The SMILES string of the molecule is Cc1nn(C(=O)OC(C)(C)C)c(Nc2ncnc3cc(OCCCN4CCN(C(=O)c5cnc(N6CCN(C[C@H]7CN(C(=O)OC(C)(C)C)[C@H](C)CN7CC(=O)N7CC(C)(C)c8ncc(C(O)c9ccc(F)cc9)cc87)[C@H](C)C6)nc5)CC4)c([S+]([O-])C(C)(C)C)cc23)c1C. The summed E-state index contributed by atoms with van der Waals surface area (Å²) in [4.78, 5) is 93.8. The predicted molar refractivity (Wildman–Crippen MR) is 358 cm³/mol. The zero-order valence-electron chi connectivity index (χ0n) is 57.0. The Morgan fingerprint density at radius 3 is 2.14 bits per heavy atom. The first kappa shape index (κ1) is 69.2. The number of hydrogen-bond donors (Lipinski definition) is 2. The average Bonchev–Trinajstić information content (AvgIpc) is 1.51. The number of ether oxygens (including phenoxy) is 3. The molecule has 24 nitrogen and oxygen atoms in total. The van der Waals surface area contributed by atoms with E-state index in [4.69, 9.17) is 29.2 Å². The second kappa shape index (κ2) is 27.6. The Balaban J connectivity index is 0.730. The Morgan fingerprint density at radius 2 is 1.48 bits per heavy atom. The summed E-state index contributed by atoms with van der Waals surface area (Å²) in [6, 6.07) is 10.6. The number of aromatic nitrogens is 7. The maximum Gasteiger partial charge on any atom is 0.437 e. The first-order chi connectivity index (χ1) is 44.2. The molecule has 3 fully saturated rings. The van der Waals surface area contributed by atoms with Gasteiger partial charge in [-0.2, -0.15) is 5.10 Å². The normalized spacial score (nSPS) is 19.9. The van der Waals surface area contributed by atoms with Crippen molar-refractivity contribution < 1.29 is 47.4 Å². The molecule has 94 heavy (non-hydrogen) atoms. The summed E-state index contributed by atoms with van der Waals surface area (Å²) < 4.78 is 46.5. The number of piperazine rings is 3. The van der Waals surface area contributed by atoms with Gasteiger partial charge >= 0.3 is 12.2 Å². The number of aliphatic hydroxyl groups is 1. The molecule has 2 aromatic carbocycles. The number of benzene rings is 2. The average molecular weight is 1310 g/mol. The molecule has 0 saturated carbocycles. The molecule has 10 rings (SSSR count). The van der Waals surface area contributed by atoms with Crippen molar-refractivity contribution in [3.8, 4) is 5.75 Å². The molecule has 8 heterocycles. The molecule has 4 aliphatic rings. The van der Waals surface area contributed by atoms with Crippen LogP contribution in [0.3, 0.4) is 0 Å². The Bertz CT molecular complexity index is 3730. The van der Waals surface area contributed by atoms with Crippen molar-refractivity contribution in [2.45, 2.75) is 161 Å². The second-order valence-corrected chi connectivity index (χ2v) is 31.1. The van der Waals surface area contributed by atoms with Crippen LogP contribution < -0.4 is 19.9 Å². The number of aliphatic hydroxyl groups excluding tert-OH is 1. The molecule has 2 unspecified atom stereocenters. The molecule has 3 saturated heterocycles. The van der Waals surface area contributed by atoms with Gasteiger partial charge in [-0.3, -0.25) is 29.3 Å². The fraction of sp³-hybridized carbons (Fsp3) is 0.559. The summed E-state index contributed by atoms with van der Waals surface area (Å²) in [5.74, 6) is 1.13. The summed E-state index contributed by atoms with van der Waals surface area (Å²) in [6.45, 7) is 35.7. The molecule has 0 bridgehead atoms. The van der Waals surface area contributed by atoms with E-state index >= 15 is 0 Å². The Morgan fingerprint density at radius 1 is 0.798 bits per heavy atom. The lowest BCUT2D eigenvalue weighted by Crippen LogP contribution is -2.65. The molecule has 0 aliphatic carbocycles. The van der Waals surface area contributed by atoms with Crippen LogP contribution in [0.25, 0.3) is 10.9 Å². The number of rotatable bonds is 16. The number of pyridine rings is 1. The fourth-order valence-corrected chi connectivity index (χ4v) is 13.7. The van der Waals surface area contributed by atoms with Crippen molar-refractivity contribution in [1.82, 2.24) is 59.2 Å². The molecule has 4 aliphatic heterocycles. The standard InChI is InChI=1S/C68H92FN15O9S/c1-42-35-80(27-26-79(42)37-50-38-82(63(88)92-65(5,6)7)43(2)36-81(50)39-56(85)83-40-68(14,15)58-53(83)29-47(32-70-58)57(86)46-17-19-49(69)20-18-46)62-71-33-48(34-72-62)61(87)78-24-22-77(23-25-78)21-16-28-91-54-31-52-51(30-55(54)94(90)67(11,12)13)59(74-41-73-52)75-60-44(3)45(4)76-84(60)64(89)93-66(8,9)10/h17-20,29-34,41-43,50,57,86H,16,21-28,35-40H2,1-15H3,(H,73,74,75)/t42-,43-,50+,57?,94?/m1/s1. The van der Waals surface area contributed by atoms with E-state index in [0.717, 1.165) is 17.8 Å². The van der Waals surface area contributed by atoms with Crippen molar-refractivity contribution >= 4 is 69.4 Å². The van der Waals surface area contributed by atoms with Crippen LogP contribution in [0.4, 0.5) is 37.3 Å². The lowest BCUT2D eigenvalue weighted by Gasteiger charge is -2.48. The van der Waals surface area contributed by atoms with E-state index in [-0.39, 0.29) is 36.5 Å². The molecule has 0 radical (unpaired) electrons. The summed E-state index contributed by atoms with van der Waals surface area (Å²) in [6.07, 6.45) is 4.84. The summed E-state index contributed by atoms with van der Waals surface area (Å²) in [5.41, 5.74) is 2.84. The topological polar surface area (TPSA) is 256 Å². The highest BCUT2D eigenvalue weighted by atomic mass is 32.2. The molecule has 6 aromatic rings. The van der Waals surface area contributed by atoms with Crippen LogP contribution in [-0.4, -0.2) is 219 Å². The maximum atomic E-state index is 14.7. The van der Waals surface area contributed by atoms with Gasteiger partial charge in [0, 0.05) is 149 Å². The van der Waals surface area contributed by atoms with E-state index in [1.807, 2.05) is 87.1 Å². The number of amides is 3. The van der Waals surface area contributed by atoms with Crippen LogP contribution in [0, 0.1) is 19.7 Å². The van der Waals surface area contributed by atoms with Crippen LogP contribution >= 0.6 is 0 Å². The highest BCUT2D eigenvalue weighted by Gasteiger charge is 2.44. The van der Waals surface area contributed by atoms with Crippen molar-refractivity contribution in [2.75, 3.05) is 107 Å². The molecule has 3 amide bonds. The van der Waals surface area contributed by atoms with Gasteiger partial charge in [-0.1, -0.05) is 26.0 Å². The third-order valence-corrected chi connectivity index (χ3v) is 19.5. The minimum atomic E-state index is -1.50. The minimum Gasteiger partial charge on any atom is -0.611 e. The molecule has 506 valence electrons. The van der Waals surface area contributed by atoms with Gasteiger partial charge in [0.05, 0.1) is 41.3 Å². The van der Waals surface area contributed by atoms with Gasteiger partial charge < -0.3 is 48.8 Å². The maximum absolute atomic E-state index is 14.7. The zero-order valence-corrected chi connectivity index (χ0v) is 57.8. The molecule has 0 spiro atoms. The number of anilines is 4. The van der Waals surface area contributed by atoms with Gasteiger partial charge in [-0.25, -0.2) is 33.9 Å². The zero-order chi connectivity index (χ0) is 67.9. The minimum absolute atomic E-state index is 0.0335. The van der Waals surface area contributed by atoms with E-state index < -0.39 is 56.6 Å². The largest absolute Gasteiger partial charge is 0.611 e. The molecular formula is C68H92FN15O9S. The van der Waals surface area contributed by atoms with Gasteiger partial charge in [0.1, 0.15) is 45.8 Å². The Hall–Kier alpha value is -7.62. The van der Waals surface area contributed by atoms with E-state index in [1.165, 1.54) is 35.3 Å². The lowest BCUT2D eigenvalue weighted by molar-refractivity contribution is -0.121. The number of carbonyl (C=O) groups is 4. The van der Waals surface area contributed by atoms with Crippen molar-refractivity contribution in [2.24, 2.45) is 0 Å². The third-order valence-electron chi connectivity index (χ3n) is 17.6. The van der Waals surface area contributed by atoms with Crippen molar-refractivity contribution in [1.29, 1.82) is 0 Å². The predicted octanol–water partition coefficient (Wildman–Crippen LogP) is 8.65. The van der Waals surface area contributed by atoms with Crippen LogP contribution in [0.1, 0.15) is 141 Å². The number of hydrogen-bond acceptors (Lipinski definition) is 20. The number of aryl methyl sites for hydroxylation is 1. The smallest absolute Gasteiger partial charge is 0.437 e.